The summed E-state index contributed by atoms with van der Waals surface area (Å²) < 4.78 is 0. The second kappa shape index (κ2) is 7.71. The van der Waals surface area contributed by atoms with Gasteiger partial charge in [-0.05, 0) is 54.8 Å². The van der Waals surface area contributed by atoms with Crippen LogP contribution in [-0.2, 0) is 13.1 Å². The van der Waals surface area contributed by atoms with Crippen LogP contribution in [0.1, 0.15) is 27.9 Å². The number of aromatic nitrogens is 4. The summed E-state index contributed by atoms with van der Waals surface area (Å²) in [5, 5.41) is 11.6. The predicted octanol–water partition coefficient (Wildman–Crippen LogP) is 4.38. The van der Waals surface area contributed by atoms with E-state index in [1.807, 2.05) is 12.4 Å². The maximum Gasteiger partial charge on any atom is 0.227 e. The van der Waals surface area contributed by atoms with E-state index in [0.29, 0.717) is 12.0 Å². The first kappa shape index (κ1) is 19.9. The fraction of sp³-hybridized carbons (Fsp3) is 0.269. The second-order valence-electron chi connectivity index (χ2n) is 9.25. The van der Waals surface area contributed by atoms with Crippen LogP contribution in [0.2, 0.25) is 0 Å². The van der Waals surface area contributed by atoms with Crippen LogP contribution in [0.25, 0.3) is 16.6 Å². The number of hydrogen-bond acceptors (Lipinski definition) is 6. The molecule has 2 aliphatic rings. The molecular weight excluding hydrogens is 410 g/mol. The van der Waals surface area contributed by atoms with Gasteiger partial charge in [-0.2, -0.15) is 5.10 Å². The van der Waals surface area contributed by atoms with Gasteiger partial charge in [0.05, 0.1) is 17.4 Å². The van der Waals surface area contributed by atoms with Gasteiger partial charge in [0, 0.05) is 60.8 Å². The van der Waals surface area contributed by atoms with Crippen LogP contribution in [0, 0.1) is 13.8 Å². The summed E-state index contributed by atoms with van der Waals surface area (Å²) in [7, 11) is 0. The number of rotatable bonds is 5. The zero-order valence-electron chi connectivity index (χ0n) is 19.0. The molecule has 4 aromatic rings. The molecule has 0 aliphatic carbocycles. The molecule has 0 bridgehead atoms. The minimum Gasteiger partial charge on any atom is -0.368 e. The Morgan fingerprint density at radius 3 is 2.70 bits per heavy atom. The van der Waals surface area contributed by atoms with Crippen molar-refractivity contribution < 1.29 is 0 Å². The normalized spacial score (nSPS) is 16.1. The standard InChI is InChI=1S/C26H27N7/c1-16-6-17(2)8-22(7-16)29-26-27-10-21-12-33(15-25(21)30-26)23-13-32(14-23)18(3)19-4-5-24-20(9-19)11-28-31-24/h4-11,23H,3,12-15H2,1-2H3,(H,28,31)(H,27,29,30). The minimum atomic E-state index is 0.504. The van der Waals surface area contributed by atoms with E-state index in [2.05, 4.69) is 87.1 Å². The molecule has 4 heterocycles. The molecule has 2 N–H and O–H groups in total. The van der Waals surface area contributed by atoms with Crippen molar-refractivity contribution in [2.24, 2.45) is 0 Å². The largest absolute Gasteiger partial charge is 0.368 e. The molecule has 0 radical (unpaired) electrons. The molecule has 33 heavy (non-hydrogen) atoms. The highest BCUT2D eigenvalue weighted by Gasteiger charge is 2.36. The highest BCUT2D eigenvalue weighted by atomic mass is 15.3. The summed E-state index contributed by atoms with van der Waals surface area (Å²) in [5.41, 5.74) is 9.12. The molecule has 0 amide bonds. The Bertz CT molecular complexity index is 1350. The molecule has 0 spiro atoms. The highest BCUT2D eigenvalue weighted by Crippen LogP contribution is 2.32. The van der Waals surface area contributed by atoms with Crippen LogP contribution in [-0.4, -0.2) is 49.1 Å². The lowest BCUT2D eigenvalue weighted by molar-refractivity contribution is 0.0712. The molecule has 0 unspecified atom stereocenters. The second-order valence-corrected chi connectivity index (χ2v) is 9.25. The summed E-state index contributed by atoms with van der Waals surface area (Å²) in [6.45, 7) is 12.3. The third kappa shape index (κ3) is 3.74. The number of likely N-dealkylation sites (tertiary alicyclic amines) is 1. The first-order valence-corrected chi connectivity index (χ1v) is 11.3. The summed E-state index contributed by atoms with van der Waals surface area (Å²) in [6, 6.07) is 13.2. The lowest BCUT2D eigenvalue weighted by Crippen LogP contribution is -2.56. The van der Waals surface area contributed by atoms with Gasteiger partial charge >= 0.3 is 0 Å². The Hall–Kier alpha value is -3.71. The van der Waals surface area contributed by atoms with Crippen LogP contribution in [0.15, 0.2) is 55.4 Å². The van der Waals surface area contributed by atoms with Crippen molar-refractivity contribution in [3.05, 3.63) is 83.3 Å². The van der Waals surface area contributed by atoms with Gasteiger partial charge in [-0.3, -0.25) is 10.00 Å². The van der Waals surface area contributed by atoms with Gasteiger partial charge in [-0.1, -0.05) is 18.7 Å². The van der Waals surface area contributed by atoms with E-state index < -0.39 is 0 Å². The predicted molar refractivity (Wildman–Crippen MR) is 131 cm³/mol. The summed E-state index contributed by atoms with van der Waals surface area (Å²) >= 11 is 0. The summed E-state index contributed by atoms with van der Waals surface area (Å²) in [5.74, 6) is 0.666. The highest BCUT2D eigenvalue weighted by molar-refractivity contribution is 5.82. The lowest BCUT2D eigenvalue weighted by Gasteiger charge is -2.46. The maximum absolute atomic E-state index is 4.82. The number of nitrogens with one attached hydrogen (secondary N) is 2. The third-order valence-corrected chi connectivity index (χ3v) is 6.69. The van der Waals surface area contributed by atoms with Crippen LogP contribution < -0.4 is 5.32 Å². The van der Waals surface area contributed by atoms with E-state index in [9.17, 15) is 0 Å². The molecule has 0 atom stereocenters. The number of H-pyrrole nitrogens is 1. The van der Waals surface area contributed by atoms with Gasteiger partial charge in [0.2, 0.25) is 5.95 Å². The van der Waals surface area contributed by atoms with Crippen molar-refractivity contribution in [2.75, 3.05) is 18.4 Å². The van der Waals surface area contributed by atoms with Gasteiger partial charge in [0.1, 0.15) is 0 Å². The summed E-state index contributed by atoms with van der Waals surface area (Å²) in [6.07, 6.45) is 3.83. The lowest BCUT2D eigenvalue weighted by atomic mass is 10.0. The van der Waals surface area contributed by atoms with E-state index >= 15 is 0 Å². The maximum atomic E-state index is 4.82. The first-order valence-electron chi connectivity index (χ1n) is 11.3. The first-order chi connectivity index (χ1) is 16.0. The van der Waals surface area contributed by atoms with E-state index in [4.69, 9.17) is 4.98 Å². The molecule has 6 rings (SSSR count). The Morgan fingerprint density at radius 2 is 1.88 bits per heavy atom. The van der Waals surface area contributed by atoms with Gasteiger partial charge < -0.3 is 10.2 Å². The van der Waals surface area contributed by atoms with E-state index in [0.717, 1.165) is 59.7 Å². The molecule has 1 fully saturated rings. The van der Waals surface area contributed by atoms with Crippen LogP contribution in [0.3, 0.4) is 0 Å². The third-order valence-electron chi connectivity index (χ3n) is 6.69. The van der Waals surface area contributed by atoms with Gasteiger partial charge in [-0.25, -0.2) is 9.97 Å². The molecule has 7 heteroatoms. The van der Waals surface area contributed by atoms with Gasteiger partial charge in [-0.15, -0.1) is 0 Å². The van der Waals surface area contributed by atoms with Crippen molar-refractivity contribution in [3.63, 3.8) is 0 Å². The number of fused-ring (bicyclic) bond motifs is 2. The van der Waals surface area contributed by atoms with Crippen LogP contribution >= 0.6 is 0 Å². The number of benzene rings is 2. The zero-order valence-corrected chi connectivity index (χ0v) is 19.0. The number of aryl methyl sites for hydroxylation is 2. The van der Waals surface area contributed by atoms with Crippen molar-refractivity contribution in [3.8, 4) is 0 Å². The number of nitrogens with zero attached hydrogens (tertiary/aromatic N) is 5. The van der Waals surface area contributed by atoms with E-state index in [1.165, 1.54) is 16.7 Å². The molecule has 2 aromatic carbocycles. The quantitative estimate of drug-likeness (QED) is 0.483. The van der Waals surface area contributed by atoms with Crippen molar-refractivity contribution >= 4 is 28.2 Å². The molecule has 0 saturated carbocycles. The Balaban J connectivity index is 1.09. The molecule has 2 aromatic heterocycles. The van der Waals surface area contributed by atoms with Gasteiger partial charge in [0.25, 0.3) is 0 Å². The van der Waals surface area contributed by atoms with Crippen molar-refractivity contribution in [1.82, 2.24) is 30.0 Å². The summed E-state index contributed by atoms with van der Waals surface area (Å²) in [4.78, 5) is 14.2. The number of hydrogen-bond donors (Lipinski definition) is 2. The molecule has 166 valence electrons. The topological polar surface area (TPSA) is 73.0 Å². The van der Waals surface area contributed by atoms with Crippen LogP contribution in [0.4, 0.5) is 11.6 Å². The molecule has 1 saturated heterocycles. The zero-order chi connectivity index (χ0) is 22.5. The van der Waals surface area contributed by atoms with Crippen molar-refractivity contribution in [2.45, 2.75) is 33.0 Å². The fourth-order valence-corrected chi connectivity index (χ4v) is 4.88. The average molecular weight is 438 g/mol. The number of aromatic amines is 1. The van der Waals surface area contributed by atoms with Gasteiger partial charge in [0.15, 0.2) is 0 Å². The Labute approximate surface area is 193 Å². The molecular formula is C26H27N7. The molecule has 2 aliphatic heterocycles. The Kier molecular flexibility index (Phi) is 4.66. The SMILES string of the molecule is C=C(c1ccc2[nH]ncc2c1)N1CC(N2Cc3cnc(Nc4cc(C)cc(C)c4)nc3C2)C1. The average Bonchev–Trinajstić information content (AvgIpc) is 3.37. The van der Waals surface area contributed by atoms with Crippen molar-refractivity contribution in [1.29, 1.82) is 0 Å². The fourth-order valence-electron chi connectivity index (χ4n) is 4.88. The van der Waals surface area contributed by atoms with E-state index in [-0.39, 0.29) is 0 Å². The number of anilines is 2. The van der Waals surface area contributed by atoms with E-state index in [1.54, 1.807) is 0 Å². The van der Waals surface area contributed by atoms with Crippen LogP contribution in [0.5, 0.6) is 0 Å². The molecule has 7 nitrogen and oxygen atoms in total. The smallest absolute Gasteiger partial charge is 0.227 e. The Morgan fingerprint density at radius 1 is 1.06 bits per heavy atom. The minimum absolute atomic E-state index is 0.504. The monoisotopic (exact) mass is 437 g/mol.